The molecule has 6 heteroatoms. The van der Waals surface area contributed by atoms with E-state index in [9.17, 15) is 19.8 Å². The number of carbonyl (C=O) groups is 2. The summed E-state index contributed by atoms with van der Waals surface area (Å²) < 4.78 is 2.09. The molecule has 3 heterocycles. The molecule has 0 unspecified atom stereocenters. The summed E-state index contributed by atoms with van der Waals surface area (Å²) in [7, 11) is 0. The highest BCUT2D eigenvalue weighted by Crippen LogP contribution is 2.54. The number of hydrogen-bond acceptors (Lipinski definition) is 4. The van der Waals surface area contributed by atoms with Gasteiger partial charge in [0.25, 0.3) is 0 Å². The molecule has 1 amide bonds. The number of rotatable bonds is 5. The predicted molar refractivity (Wildman–Crippen MR) is 89.9 cm³/mol. The number of nitrogens with zero attached hydrogens (tertiary/aromatic N) is 2. The Morgan fingerprint density at radius 3 is 2.73 bits per heavy atom. The van der Waals surface area contributed by atoms with E-state index in [1.54, 1.807) is 6.92 Å². The lowest BCUT2D eigenvalue weighted by Crippen LogP contribution is -2.64. The van der Waals surface area contributed by atoms with Crippen LogP contribution in [0.5, 0.6) is 0 Å². The lowest BCUT2D eigenvalue weighted by molar-refractivity contribution is -0.698. The van der Waals surface area contributed by atoms with Gasteiger partial charge in [-0.2, -0.15) is 0 Å². The summed E-state index contributed by atoms with van der Waals surface area (Å²) in [4.78, 5) is 25.7. The molecule has 1 N–H and O–H groups in total. The highest BCUT2D eigenvalue weighted by atomic mass is 16.4. The number of aliphatic hydroxyl groups excluding tert-OH is 1. The van der Waals surface area contributed by atoms with Crippen molar-refractivity contribution in [2.45, 2.75) is 51.3 Å². The van der Waals surface area contributed by atoms with E-state index in [0.29, 0.717) is 0 Å². The number of aliphatic hydroxyl groups is 1. The molecule has 3 aliphatic rings. The van der Waals surface area contributed by atoms with Crippen molar-refractivity contribution in [3.05, 3.63) is 41.9 Å². The summed E-state index contributed by atoms with van der Waals surface area (Å²) >= 11 is 0. The molecule has 4 rings (SSSR count). The molecule has 6 nitrogen and oxygen atoms in total. The smallest absolute Gasteiger partial charge is 0.235 e. The zero-order chi connectivity index (χ0) is 18.4. The number of aromatic nitrogens is 1. The van der Waals surface area contributed by atoms with Gasteiger partial charge in [0.15, 0.2) is 12.4 Å². The molecule has 1 aromatic rings. The maximum absolute atomic E-state index is 12.5. The largest absolute Gasteiger partial charge is 0.543 e. The molecule has 26 heavy (non-hydrogen) atoms. The maximum Gasteiger partial charge on any atom is 0.235 e. The number of β-lactam (4-membered cyclic amide) rings is 1. The zero-order valence-corrected chi connectivity index (χ0v) is 14.9. The fraction of sp³-hybridized carbons (Fsp3) is 0.550. The van der Waals surface area contributed by atoms with Crippen molar-refractivity contribution in [2.75, 3.05) is 0 Å². The van der Waals surface area contributed by atoms with Gasteiger partial charge < -0.3 is 19.9 Å². The summed E-state index contributed by atoms with van der Waals surface area (Å²) in [6.45, 7) is 2.42. The molecular weight excluding hydrogens is 332 g/mol. The van der Waals surface area contributed by atoms with E-state index < -0.39 is 18.0 Å². The predicted octanol–water partition coefficient (Wildman–Crippen LogP) is 0.00590. The molecular formula is C20H24N2O4. The molecule has 0 bridgehead atoms. The van der Waals surface area contributed by atoms with Crippen LogP contribution in [0.15, 0.2) is 41.9 Å². The molecule has 0 spiro atoms. The number of aliphatic carboxylic acids is 1. The SMILES string of the molecule is C[C@@H](O)[C@H]1C(=O)N2C(C(=O)[O-])=C3[C@@H](CC[n+]4ccccc4)CCC[C@@H]3[C@H]12. The Kier molecular flexibility index (Phi) is 4.31. The topological polar surface area (TPSA) is 84.5 Å². The number of hydrogen-bond donors (Lipinski definition) is 1. The fourth-order valence-electron chi connectivity index (χ4n) is 5.18. The van der Waals surface area contributed by atoms with E-state index in [1.165, 1.54) is 4.90 Å². The van der Waals surface area contributed by atoms with E-state index in [-0.39, 0.29) is 29.5 Å². The Hall–Kier alpha value is -2.21. The summed E-state index contributed by atoms with van der Waals surface area (Å²) in [5.41, 5.74) is 0.971. The second-order valence-corrected chi connectivity index (χ2v) is 7.69. The van der Waals surface area contributed by atoms with Crippen molar-refractivity contribution in [3.8, 4) is 0 Å². The lowest BCUT2D eigenvalue weighted by atomic mass is 9.69. The number of amides is 1. The van der Waals surface area contributed by atoms with Gasteiger partial charge in [-0.15, -0.1) is 0 Å². The Labute approximate surface area is 152 Å². The Balaban J connectivity index is 1.62. The van der Waals surface area contributed by atoms with Gasteiger partial charge in [0.05, 0.1) is 29.7 Å². The van der Waals surface area contributed by atoms with E-state index in [1.807, 2.05) is 30.6 Å². The molecule has 2 aliphatic heterocycles. The molecule has 1 aromatic heterocycles. The normalized spacial score (nSPS) is 31.3. The van der Waals surface area contributed by atoms with Crippen molar-refractivity contribution in [1.29, 1.82) is 0 Å². The minimum atomic E-state index is -1.26. The highest BCUT2D eigenvalue weighted by Gasteiger charge is 2.60. The van der Waals surface area contributed by atoms with Crippen molar-refractivity contribution in [1.82, 2.24) is 4.90 Å². The Morgan fingerprint density at radius 2 is 2.08 bits per heavy atom. The maximum atomic E-state index is 12.5. The van der Waals surface area contributed by atoms with Crippen molar-refractivity contribution >= 4 is 11.9 Å². The molecule has 1 saturated carbocycles. The van der Waals surface area contributed by atoms with Gasteiger partial charge >= 0.3 is 0 Å². The lowest BCUT2D eigenvalue weighted by Gasteiger charge is -2.48. The van der Waals surface area contributed by atoms with Crippen LogP contribution in [0.1, 0.15) is 32.6 Å². The van der Waals surface area contributed by atoms with Crippen LogP contribution in [-0.2, 0) is 16.1 Å². The minimum absolute atomic E-state index is 0.0414. The van der Waals surface area contributed by atoms with Crippen molar-refractivity contribution < 1.29 is 24.4 Å². The van der Waals surface area contributed by atoms with Gasteiger partial charge in [-0.3, -0.25) is 4.79 Å². The third-order valence-electron chi connectivity index (χ3n) is 6.25. The van der Waals surface area contributed by atoms with Crippen LogP contribution in [0, 0.1) is 17.8 Å². The first-order valence-corrected chi connectivity index (χ1v) is 9.41. The van der Waals surface area contributed by atoms with Crippen molar-refractivity contribution in [3.63, 3.8) is 0 Å². The van der Waals surface area contributed by atoms with E-state index in [0.717, 1.165) is 37.8 Å². The molecule has 0 aromatic carbocycles. The summed E-state index contributed by atoms with van der Waals surface area (Å²) in [5.74, 6) is -1.84. The number of carbonyl (C=O) groups excluding carboxylic acids is 2. The summed E-state index contributed by atoms with van der Waals surface area (Å²) in [5, 5.41) is 21.8. The van der Waals surface area contributed by atoms with Gasteiger partial charge in [-0.05, 0) is 31.3 Å². The number of pyridine rings is 1. The second kappa shape index (κ2) is 6.50. The minimum Gasteiger partial charge on any atom is -0.543 e. The van der Waals surface area contributed by atoms with Crippen LogP contribution in [0.3, 0.4) is 0 Å². The molecule has 1 saturated heterocycles. The zero-order valence-electron chi connectivity index (χ0n) is 14.9. The molecule has 5 atom stereocenters. The standard InChI is InChI=1S/C20H24N2O4/c1-12(23)15-17-14-7-5-6-13(8-11-21-9-3-2-4-10-21)16(14)18(20(25)26)22(17)19(15)24/h2-4,9-10,12-15,17,23H,5-8,11H2,1H3/t12-,13-,14+,15-,17-/m1/s1. The first kappa shape index (κ1) is 17.2. The number of carboxylic acids is 1. The molecule has 138 valence electrons. The molecule has 1 aliphatic carbocycles. The van der Waals surface area contributed by atoms with Gasteiger partial charge in [0.1, 0.15) is 6.54 Å². The first-order chi connectivity index (χ1) is 12.5. The van der Waals surface area contributed by atoms with E-state index in [2.05, 4.69) is 4.57 Å². The number of aryl methyl sites for hydroxylation is 1. The van der Waals surface area contributed by atoms with Crippen LogP contribution in [0.4, 0.5) is 0 Å². The highest BCUT2D eigenvalue weighted by molar-refractivity contribution is 5.99. The molecule has 0 radical (unpaired) electrons. The van der Waals surface area contributed by atoms with Crippen LogP contribution in [-0.4, -0.2) is 34.0 Å². The fourth-order valence-corrected chi connectivity index (χ4v) is 5.18. The van der Waals surface area contributed by atoms with Crippen LogP contribution in [0.25, 0.3) is 0 Å². The van der Waals surface area contributed by atoms with Crippen LogP contribution in [0.2, 0.25) is 0 Å². The number of carboxylic acid groups (broad SMARTS) is 1. The van der Waals surface area contributed by atoms with Crippen molar-refractivity contribution in [2.24, 2.45) is 17.8 Å². The quantitative estimate of drug-likeness (QED) is 0.595. The van der Waals surface area contributed by atoms with Gasteiger partial charge in [-0.1, -0.05) is 12.5 Å². The first-order valence-electron chi connectivity index (χ1n) is 9.41. The second-order valence-electron chi connectivity index (χ2n) is 7.69. The average Bonchev–Trinajstić information content (AvgIpc) is 2.92. The average molecular weight is 356 g/mol. The summed E-state index contributed by atoms with van der Waals surface area (Å²) in [6, 6.07) is 5.71. The summed E-state index contributed by atoms with van der Waals surface area (Å²) in [6.07, 6.45) is 6.91. The molecule has 2 fully saturated rings. The Bertz CT molecular complexity index is 758. The van der Waals surface area contributed by atoms with E-state index >= 15 is 0 Å². The van der Waals surface area contributed by atoms with Crippen LogP contribution < -0.4 is 9.67 Å². The third kappa shape index (κ3) is 2.55. The van der Waals surface area contributed by atoms with Gasteiger partial charge in [0, 0.05) is 24.5 Å². The number of fused-ring (bicyclic) bond motifs is 3. The monoisotopic (exact) mass is 356 g/mol. The van der Waals surface area contributed by atoms with Crippen LogP contribution >= 0.6 is 0 Å². The van der Waals surface area contributed by atoms with Gasteiger partial charge in [0.2, 0.25) is 5.91 Å². The third-order valence-corrected chi connectivity index (χ3v) is 6.25. The van der Waals surface area contributed by atoms with Gasteiger partial charge in [-0.25, -0.2) is 4.57 Å². The Morgan fingerprint density at radius 1 is 1.35 bits per heavy atom. The van der Waals surface area contributed by atoms with E-state index in [4.69, 9.17) is 0 Å².